The van der Waals surface area contributed by atoms with E-state index in [4.69, 9.17) is 16.3 Å². The fraction of sp³-hybridized carbons (Fsp3) is 0.381. The number of nitrogens with zero attached hydrogens (tertiary/aromatic N) is 3. The predicted molar refractivity (Wildman–Crippen MR) is 114 cm³/mol. The van der Waals surface area contributed by atoms with Crippen LogP contribution in [0.25, 0.3) is 11.3 Å². The van der Waals surface area contributed by atoms with Crippen molar-refractivity contribution in [3.63, 3.8) is 0 Å². The molecule has 0 bridgehead atoms. The summed E-state index contributed by atoms with van der Waals surface area (Å²) < 4.78 is 61.4. The van der Waals surface area contributed by atoms with E-state index < -0.39 is 40.9 Å². The molecule has 1 aliphatic rings. The van der Waals surface area contributed by atoms with Crippen molar-refractivity contribution in [2.24, 2.45) is 0 Å². The molecule has 0 fully saturated rings. The van der Waals surface area contributed by atoms with Crippen LogP contribution >= 0.6 is 11.6 Å². The lowest BCUT2D eigenvalue weighted by Crippen LogP contribution is -2.32. The lowest BCUT2D eigenvalue weighted by molar-refractivity contribution is -0.189. The molecule has 0 saturated heterocycles. The number of H-pyrrole nitrogens is 1. The number of carbonyl (C=O) groups excluding carboxylic acids is 1. The third-order valence-electron chi connectivity index (χ3n) is 5.59. The molecule has 0 aliphatic carbocycles. The van der Waals surface area contributed by atoms with Gasteiger partial charge in [-0.2, -0.15) is 18.3 Å². The summed E-state index contributed by atoms with van der Waals surface area (Å²) in [6, 6.07) is 1.76. The molecule has 2 aromatic heterocycles. The van der Waals surface area contributed by atoms with Gasteiger partial charge in [-0.05, 0) is 32.9 Å². The van der Waals surface area contributed by atoms with Crippen LogP contribution in [-0.4, -0.2) is 43.0 Å². The molecular formula is C21H20ClF4N5O3. The maximum Gasteiger partial charge on any atom is 0.425 e. The first kappa shape index (κ1) is 24.0. The first-order valence-electron chi connectivity index (χ1n) is 10.2. The van der Waals surface area contributed by atoms with Gasteiger partial charge >= 0.3 is 6.18 Å². The second-order valence-corrected chi connectivity index (χ2v) is 8.62. The van der Waals surface area contributed by atoms with Crippen LogP contribution in [0.15, 0.2) is 18.3 Å². The zero-order valence-corrected chi connectivity index (χ0v) is 19.0. The number of carbonyl (C=O) groups is 1. The van der Waals surface area contributed by atoms with Gasteiger partial charge in [0.25, 0.3) is 5.91 Å². The van der Waals surface area contributed by atoms with Crippen molar-refractivity contribution in [2.45, 2.75) is 51.6 Å². The minimum atomic E-state index is -4.74. The van der Waals surface area contributed by atoms with Gasteiger partial charge in [0.05, 0.1) is 17.0 Å². The molecule has 3 heterocycles. The smallest absolute Gasteiger partial charge is 0.425 e. The second-order valence-electron chi connectivity index (χ2n) is 8.27. The van der Waals surface area contributed by atoms with E-state index in [1.807, 2.05) is 0 Å². The predicted octanol–water partition coefficient (Wildman–Crippen LogP) is 4.57. The van der Waals surface area contributed by atoms with Crippen LogP contribution in [0.3, 0.4) is 0 Å². The van der Waals surface area contributed by atoms with E-state index in [0.717, 1.165) is 19.1 Å². The van der Waals surface area contributed by atoms with Gasteiger partial charge in [0.1, 0.15) is 28.7 Å². The number of nitrogens with one attached hydrogen (secondary N) is 2. The summed E-state index contributed by atoms with van der Waals surface area (Å²) in [7, 11) is 0. The summed E-state index contributed by atoms with van der Waals surface area (Å²) in [4.78, 5) is 17.1. The average molecular weight is 502 g/mol. The van der Waals surface area contributed by atoms with E-state index in [1.165, 1.54) is 6.20 Å². The summed E-state index contributed by atoms with van der Waals surface area (Å²) in [5.41, 5.74) is -1.32. The third-order valence-corrected chi connectivity index (χ3v) is 5.87. The van der Waals surface area contributed by atoms with E-state index in [-0.39, 0.29) is 22.1 Å². The molecule has 1 aliphatic heterocycles. The Labute approximate surface area is 195 Å². The Kier molecular flexibility index (Phi) is 5.85. The Morgan fingerprint density at radius 1 is 1.41 bits per heavy atom. The number of halogens is 5. The van der Waals surface area contributed by atoms with Crippen LogP contribution in [0.5, 0.6) is 5.75 Å². The number of ether oxygens (including phenoxy) is 1. The minimum Gasteiger partial charge on any atom is -0.480 e. The van der Waals surface area contributed by atoms with E-state index in [9.17, 15) is 23.1 Å². The standard InChI is InChI=1S/C21H20ClF4N5O3/c1-9-16(17(22)30-29-9)28-18(32)12-6-13(23)11(7-15(12)34-10(2)21(24,25)26)14-8-31-5-4-20(3,33)19(31)27-14/h6-8,10,33H,4-5H2,1-3H3,(H,28,32)(H,29,30). The number of hydrogen-bond acceptors (Lipinski definition) is 5. The van der Waals surface area contributed by atoms with Crippen molar-refractivity contribution >= 4 is 23.2 Å². The van der Waals surface area contributed by atoms with Gasteiger partial charge in [0.2, 0.25) is 0 Å². The number of aromatic nitrogens is 4. The summed E-state index contributed by atoms with van der Waals surface area (Å²) in [6.45, 7) is 4.34. The molecule has 2 atom stereocenters. The Morgan fingerprint density at radius 3 is 2.71 bits per heavy atom. The number of anilines is 1. The molecule has 3 aromatic rings. The van der Waals surface area contributed by atoms with E-state index >= 15 is 4.39 Å². The van der Waals surface area contributed by atoms with Crippen LogP contribution in [0.4, 0.5) is 23.2 Å². The molecule has 8 nitrogen and oxygen atoms in total. The Bertz CT molecular complexity index is 1250. The first-order valence-corrected chi connectivity index (χ1v) is 10.5. The third kappa shape index (κ3) is 4.34. The Hall–Kier alpha value is -3.12. The van der Waals surface area contributed by atoms with Crippen molar-refractivity contribution in [3.8, 4) is 17.0 Å². The number of amides is 1. The molecule has 3 N–H and O–H groups in total. The molecule has 182 valence electrons. The number of aliphatic hydroxyl groups is 1. The molecule has 0 spiro atoms. The molecule has 1 aromatic carbocycles. The summed E-state index contributed by atoms with van der Waals surface area (Å²) >= 11 is 5.91. The largest absolute Gasteiger partial charge is 0.480 e. The number of fused-ring (bicyclic) bond motifs is 1. The summed E-state index contributed by atoms with van der Waals surface area (Å²) in [5, 5.41) is 19.0. The number of aryl methyl sites for hydroxylation is 2. The highest BCUT2D eigenvalue weighted by Gasteiger charge is 2.39. The highest BCUT2D eigenvalue weighted by atomic mass is 35.5. The van der Waals surface area contributed by atoms with Gasteiger partial charge in [0.15, 0.2) is 11.3 Å². The molecule has 1 amide bonds. The van der Waals surface area contributed by atoms with Crippen molar-refractivity contribution in [3.05, 3.63) is 46.4 Å². The maximum atomic E-state index is 15.1. The normalized spacial score (nSPS) is 18.6. The van der Waals surface area contributed by atoms with E-state index in [0.29, 0.717) is 24.5 Å². The number of hydrogen-bond donors (Lipinski definition) is 3. The van der Waals surface area contributed by atoms with Crippen LogP contribution in [0.1, 0.15) is 42.1 Å². The lowest BCUT2D eigenvalue weighted by atomic mass is 10.0. The molecule has 2 unspecified atom stereocenters. The number of aromatic amines is 1. The summed E-state index contributed by atoms with van der Waals surface area (Å²) in [6.07, 6.45) is -5.11. The number of rotatable bonds is 5. The fourth-order valence-electron chi connectivity index (χ4n) is 3.60. The number of benzene rings is 1. The van der Waals surface area contributed by atoms with Crippen molar-refractivity contribution in [2.75, 3.05) is 5.32 Å². The molecule has 0 radical (unpaired) electrons. The molecule has 13 heteroatoms. The van der Waals surface area contributed by atoms with Gasteiger partial charge in [-0.25, -0.2) is 9.37 Å². The highest BCUT2D eigenvalue weighted by Crippen LogP contribution is 2.37. The first-order chi connectivity index (χ1) is 15.8. The topological polar surface area (TPSA) is 105 Å². The molecule has 0 saturated carbocycles. The van der Waals surface area contributed by atoms with Gasteiger partial charge in [-0.3, -0.25) is 9.89 Å². The fourth-order valence-corrected chi connectivity index (χ4v) is 3.83. The van der Waals surface area contributed by atoms with Crippen molar-refractivity contribution in [1.29, 1.82) is 0 Å². The second kappa shape index (κ2) is 8.27. The van der Waals surface area contributed by atoms with Gasteiger partial charge in [-0.1, -0.05) is 11.6 Å². The monoisotopic (exact) mass is 501 g/mol. The number of alkyl halides is 3. The van der Waals surface area contributed by atoms with E-state index in [2.05, 4.69) is 20.5 Å². The van der Waals surface area contributed by atoms with Crippen LogP contribution in [0, 0.1) is 12.7 Å². The highest BCUT2D eigenvalue weighted by molar-refractivity contribution is 6.33. The Balaban J connectivity index is 1.77. The van der Waals surface area contributed by atoms with Gasteiger partial charge in [0, 0.05) is 24.7 Å². The van der Waals surface area contributed by atoms with Crippen LogP contribution < -0.4 is 10.1 Å². The van der Waals surface area contributed by atoms with Crippen molar-refractivity contribution in [1.82, 2.24) is 19.7 Å². The quantitative estimate of drug-likeness (QED) is 0.444. The SMILES string of the molecule is Cc1[nH]nc(Cl)c1NC(=O)c1cc(F)c(-c2cn3c(n2)C(C)(O)CC3)cc1OC(C)C(F)(F)F. The van der Waals surface area contributed by atoms with E-state index in [1.54, 1.807) is 18.4 Å². The lowest BCUT2D eigenvalue weighted by Gasteiger charge is -2.20. The van der Waals surface area contributed by atoms with Crippen LogP contribution in [-0.2, 0) is 12.1 Å². The maximum absolute atomic E-state index is 15.1. The number of imidazole rings is 1. The Morgan fingerprint density at radius 2 is 2.12 bits per heavy atom. The molecule has 34 heavy (non-hydrogen) atoms. The minimum absolute atomic E-state index is 0.0753. The zero-order chi connectivity index (χ0) is 25.0. The van der Waals surface area contributed by atoms with Crippen LogP contribution in [0.2, 0.25) is 5.15 Å². The average Bonchev–Trinajstić information content (AvgIpc) is 3.39. The molecular weight excluding hydrogens is 482 g/mol. The van der Waals surface area contributed by atoms with Gasteiger partial charge < -0.3 is 19.7 Å². The summed E-state index contributed by atoms with van der Waals surface area (Å²) in [5.74, 6) is -2.06. The van der Waals surface area contributed by atoms with Gasteiger partial charge in [-0.15, -0.1) is 0 Å². The zero-order valence-electron chi connectivity index (χ0n) is 18.2. The molecule has 4 rings (SSSR count). The van der Waals surface area contributed by atoms with Crippen molar-refractivity contribution < 1.29 is 32.2 Å².